The van der Waals surface area contributed by atoms with E-state index in [0.29, 0.717) is 0 Å². The van der Waals surface area contributed by atoms with Crippen molar-refractivity contribution in [3.63, 3.8) is 0 Å². The second-order valence-electron chi connectivity index (χ2n) is 5.16. The van der Waals surface area contributed by atoms with Crippen LogP contribution < -0.4 is 0 Å². The van der Waals surface area contributed by atoms with Crippen LogP contribution in [0.2, 0.25) is 0 Å². The summed E-state index contributed by atoms with van der Waals surface area (Å²) in [4.78, 5) is 12.4. The van der Waals surface area contributed by atoms with Crippen molar-refractivity contribution in [2.75, 3.05) is 5.75 Å². The van der Waals surface area contributed by atoms with Gasteiger partial charge in [0.1, 0.15) is 0 Å². The van der Waals surface area contributed by atoms with Crippen molar-refractivity contribution in [3.05, 3.63) is 29.8 Å². The van der Waals surface area contributed by atoms with Gasteiger partial charge in [0.2, 0.25) is 0 Å². The number of rotatable bonds is 4. The normalized spacial score (nSPS) is 18.6. The average molecular weight is 264 g/mol. The van der Waals surface area contributed by atoms with Crippen LogP contribution in [0.5, 0.6) is 0 Å². The Morgan fingerprint density at radius 1 is 1.33 bits per heavy atom. The number of Topliss-reactive ketones (excluding diaryl/α,β-unsaturated/α-hetero) is 1. The lowest BCUT2D eigenvalue weighted by Crippen LogP contribution is -2.33. The van der Waals surface area contributed by atoms with E-state index >= 15 is 0 Å². The van der Waals surface area contributed by atoms with Gasteiger partial charge in [0.25, 0.3) is 0 Å². The summed E-state index contributed by atoms with van der Waals surface area (Å²) in [7, 11) is 0. The van der Waals surface area contributed by atoms with E-state index in [1.807, 2.05) is 24.3 Å². The van der Waals surface area contributed by atoms with Crippen LogP contribution >= 0.6 is 11.8 Å². The number of carbonyl (C=O) groups is 1. The van der Waals surface area contributed by atoms with Crippen LogP contribution in [0.4, 0.5) is 0 Å². The van der Waals surface area contributed by atoms with Crippen LogP contribution in [0.25, 0.3) is 0 Å². The van der Waals surface area contributed by atoms with Crippen molar-refractivity contribution >= 4 is 17.5 Å². The van der Waals surface area contributed by atoms with Gasteiger partial charge < -0.3 is 5.11 Å². The number of ketones is 1. The van der Waals surface area contributed by atoms with Gasteiger partial charge in [-0.25, -0.2) is 0 Å². The van der Waals surface area contributed by atoms with E-state index < -0.39 is 5.60 Å². The summed E-state index contributed by atoms with van der Waals surface area (Å²) >= 11 is 1.66. The highest BCUT2D eigenvalue weighted by atomic mass is 32.2. The first kappa shape index (κ1) is 13.6. The molecule has 18 heavy (non-hydrogen) atoms. The van der Waals surface area contributed by atoms with Crippen molar-refractivity contribution in [1.29, 1.82) is 0 Å². The molecule has 0 spiro atoms. The highest BCUT2D eigenvalue weighted by molar-refractivity contribution is 7.99. The molecule has 1 fully saturated rings. The van der Waals surface area contributed by atoms with Crippen molar-refractivity contribution in [3.8, 4) is 0 Å². The van der Waals surface area contributed by atoms with Crippen molar-refractivity contribution in [2.24, 2.45) is 0 Å². The topological polar surface area (TPSA) is 37.3 Å². The fourth-order valence-corrected chi connectivity index (χ4v) is 3.49. The summed E-state index contributed by atoms with van der Waals surface area (Å²) in [5.41, 5.74) is 0.241. The summed E-state index contributed by atoms with van der Waals surface area (Å²) in [6, 6.07) is 7.66. The molecule has 0 radical (unpaired) electrons. The Kier molecular flexibility index (Phi) is 4.46. The molecule has 0 aromatic heterocycles. The van der Waals surface area contributed by atoms with E-state index in [4.69, 9.17) is 0 Å². The predicted molar refractivity (Wildman–Crippen MR) is 75.2 cm³/mol. The molecule has 0 aliphatic heterocycles. The lowest BCUT2D eigenvalue weighted by atomic mass is 9.86. The first-order valence-electron chi connectivity index (χ1n) is 6.55. The minimum atomic E-state index is -0.505. The van der Waals surface area contributed by atoms with E-state index in [2.05, 4.69) is 0 Å². The molecule has 1 N–H and O–H groups in total. The lowest BCUT2D eigenvalue weighted by Gasteiger charge is -2.31. The molecule has 2 rings (SSSR count). The van der Waals surface area contributed by atoms with Gasteiger partial charge in [0, 0.05) is 16.2 Å². The molecule has 3 heteroatoms. The molecule has 0 bridgehead atoms. The summed E-state index contributed by atoms with van der Waals surface area (Å²) in [5.74, 6) is 0.822. The van der Waals surface area contributed by atoms with Crippen LogP contribution in [0, 0.1) is 0 Å². The Hall–Kier alpha value is -0.800. The number of hydrogen-bond acceptors (Lipinski definition) is 3. The predicted octanol–water partition coefficient (Wildman–Crippen LogP) is 3.68. The first-order chi connectivity index (χ1) is 8.59. The molecule has 1 aromatic carbocycles. The number of carbonyl (C=O) groups excluding carboxylic acids is 1. The third kappa shape index (κ3) is 3.59. The Morgan fingerprint density at radius 3 is 2.72 bits per heavy atom. The van der Waals surface area contributed by atoms with Crippen LogP contribution in [0.1, 0.15) is 49.4 Å². The van der Waals surface area contributed by atoms with Gasteiger partial charge in [0.05, 0.1) is 5.60 Å². The minimum Gasteiger partial charge on any atom is -0.389 e. The van der Waals surface area contributed by atoms with Crippen LogP contribution in [0.3, 0.4) is 0 Å². The second kappa shape index (κ2) is 5.89. The van der Waals surface area contributed by atoms with Gasteiger partial charge in [-0.3, -0.25) is 4.79 Å². The van der Waals surface area contributed by atoms with Crippen molar-refractivity contribution in [1.82, 2.24) is 0 Å². The maximum atomic E-state index is 11.3. The maximum Gasteiger partial charge on any atom is 0.159 e. The number of thioether (sulfide) groups is 1. The zero-order valence-electron chi connectivity index (χ0n) is 10.8. The van der Waals surface area contributed by atoms with Gasteiger partial charge in [-0.2, -0.15) is 0 Å². The zero-order chi connectivity index (χ0) is 13.0. The van der Waals surface area contributed by atoms with Crippen LogP contribution in [-0.2, 0) is 0 Å². The molecule has 0 heterocycles. The highest BCUT2D eigenvalue weighted by Crippen LogP contribution is 2.33. The number of aliphatic hydroxyl groups is 1. The van der Waals surface area contributed by atoms with Crippen LogP contribution in [0.15, 0.2) is 29.2 Å². The summed E-state index contributed by atoms with van der Waals surface area (Å²) in [6.07, 6.45) is 5.32. The second-order valence-corrected chi connectivity index (χ2v) is 6.21. The SMILES string of the molecule is CC(=O)c1cccc(SCC2(O)CCCCC2)c1. The standard InChI is InChI=1S/C15H20O2S/c1-12(16)13-6-5-7-14(10-13)18-11-15(17)8-3-2-4-9-15/h5-7,10,17H,2-4,8-9,11H2,1H3. The molecule has 0 saturated heterocycles. The van der Waals surface area contributed by atoms with Crippen molar-refractivity contribution in [2.45, 2.75) is 49.5 Å². The molecule has 98 valence electrons. The molecule has 1 saturated carbocycles. The molecule has 1 aliphatic rings. The van der Waals surface area contributed by atoms with E-state index in [1.54, 1.807) is 18.7 Å². The average Bonchev–Trinajstić information content (AvgIpc) is 2.38. The quantitative estimate of drug-likeness (QED) is 0.666. The molecule has 0 amide bonds. The van der Waals surface area contributed by atoms with E-state index in [-0.39, 0.29) is 5.78 Å². The van der Waals surface area contributed by atoms with E-state index in [0.717, 1.165) is 41.9 Å². The Balaban J connectivity index is 1.97. The van der Waals surface area contributed by atoms with Crippen molar-refractivity contribution < 1.29 is 9.90 Å². The monoisotopic (exact) mass is 264 g/mol. The number of benzene rings is 1. The molecule has 0 unspecified atom stereocenters. The molecule has 2 nitrogen and oxygen atoms in total. The Morgan fingerprint density at radius 2 is 2.06 bits per heavy atom. The minimum absolute atomic E-state index is 0.0915. The zero-order valence-corrected chi connectivity index (χ0v) is 11.6. The fraction of sp³-hybridized carbons (Fsp3) is 0.533. The van der Waals surface area contributed by atoms with Gasteiger partial charge >= 0.3 is 0 Å². The molecular weight excluding hydrogens is 244 g/mol. The number of hydrogen-bond donors (Lipinski definition) is 1. The summed E-state index contributed by atoms with van der Waals surface area (Å²) < 4.78 is 0. The largest absolute Gasteiger partial charge is 0.389 e. The summed E-state index contributed by atoms with van der Waals surface area (Å²) in [5, 5.41) is 10.4. The summed E-state index contributed by atoms with van der Waals surface area (Å²) in [6.45, 7) is 1.58. The van der Waals surface area contributed by atoms with Crippen LogP contribution in [-0.4, -0.2) is 22.2 Å². The van der Waals surface area contributed by atoms with Gasteiger partial charge in [-0.05, 0) is 31.9 Å². The molecule has 0 atom stereocenters. The molecule has 1 aromatic rings. The van der Waals surface area contributed by atoms with E-state index in [1.165, 1.54) is 6.42 Å². The lowest BCUT2D eigenvalue weighted by molar-refractivity contribution is 0.0273. The van der Waals surface area contributed by atoms with E-state index in [9.17, 15) is 9.90 Å². The third-order valence-corrected chi connectivity index (χ3v) is 4.80. The maximum absolute atomic E-state index is 11.3. The third-order valence-electron chi connectivity index (χ3n) is 3.53. The highest BCUT2D eigenvalue weighted by Gasteiger charge is 2.28. The van der Waals surface area contributed by atoms with Gasteiger partial charge in [-0.1, -0.05) is 31.4 Å². The first-order valence-corrected chi connectivity index (χ1v) is 7.54. The van der Waals surface area contributed by atoms with Gasteiger partial charge in [-0.15, -0.1) is 11.8 Å². The fourth-order valence-electron chi connectivity index (χ4n) is 2.38. The molecule has 1 aliphatic carbocycles. The Labute approximate surface area is 113 Å². The Bertz CT molecular complexity index is 422. The molecular formula is C15H20O2S. The smallest absolute Gasteiger partial charge is 0.159 e. The van der Waals surface area contributed by atoms with Gasteiger partial charge in [0.15, 0.2) is 5.78 Å².